The Bertz CT molecular complexity index is 600. The van der Waals surface area contributed by atoms with Gasteiger partial charge in [-0.05, 0) is 40.8 Å². The van der Waals surface area contributed by atoms with Crippen LogP contribution < -0.4 is 5.32 Å². The first kappa shape index (κ1) is 11.6. The maximum absolute atomic E-state index is 11.9. The first-order valence-electron chi connectivity index (χ1n) is 4.71. The lowest BCUT2D eigenvalue weighted by atomic mass is 10.2. The van der Waals surface area contributed by atoms with Crippen molar-refractivity contribution in [3.8, 4) is 6.07 Å². The van der Waals surface area contributed by atoms with E-state index in [1.807, 2.05) is 12.1 Å². The van der Waals surface area contributed by atoms with Gasteiger partial charge in [0.25, 0.3) is 5.91 Å². The summed E-state index contributed by atoms with van der Waals surface area (Å²) in [5.74, 6) is 0.0422. The molecule has 0 bridgehead atoms. The number of carbonyl (C=O) groups is 1. The van der Waals surface area contributed by atoms with Gasteiger partial charge in [0.2, 0.25) is 0 Å². The Kier molecular flexibility index (Phi) is 3.39. The Labute approximate surface area is 111 Å². The lowest BCUT2D eigenvalue weighted by Gasteiger charge is -2.03. The second-order valence-electron chi connectivity index (χ2n) is 3.23. The van der Waals surface area contributed by atoms with Crippen LogP contribution in [0.2, 0.25) is 0 Å². The number of H-pyrrole nitrogens is 1. The number of aromatic nitrogens is 2. The Balaban J connectivity index is 2.21. The minimum absolute atomic E-state index is 0.274. The SMILES string of the molecule is N#Cc1cn[nH]c1NC(=O)c1cccc(I)c1. The smallest absolute Gasteiger partial charge is 0.256 e. The molecular formula is C11H7IN4O. The van der Waals surface area contributed by atoms with Crippen LogP contribution in [-0.2, 0) is 0 Å². The number of aromatic amines is 1. The van der Waals surface area contributed by atoms with Crippen LogP contribution in [0.15, 0.2) is 30.5 Å². The highest BCUT2D eigenvalue weighted by Gasteiger charge is 2.10. The number of amides is 1. The van der Waals surface area contributed by atoms with Crippen molar-refractivity contribution in [1.29, 1.82) is 5.26 Å². The van der Waals surface area contributed by atoms with E-state index in [1.54, 1.807) is 18.2 Å². The number of nitrogens with zero attached hydrogens (tertiary/aromatic N) is 2. The summed E-state index contributed by atoms with van der Waals surface area (Å²) in [6.07, 6.45) is 1.37. The number of carbonyl (C=O) groups excluding carboxylic acids is 1. The van der Waals surface area contributed by atoms with Gasteiger partial charge in [0.1, 0.15) is 17.5 Å². The molecule has 6 heteroatoms. The second kappa shape index (κ2) is 4.97. The average molecular weight is 338 g/mol. The lowest BCUT2D eigenvalue weighted by molar-refractivity contribution is 0.102. The van der Waals surface area contributed by atoms with Crippen LogP contribution in [0.4, 0.5) is 5.82 Å². The van der Waals surface area contributed by atoms with E-state index in [-0.39, 0.29) is 5.91 Å². The number of halogens is 1. The molecule has 5 nitrogen and oxygen atoms in total. The zero-order chi connectivity index (χ0) is 12.3. The van der Waals surface area contributed by atoms with Crippen molar-refractivity contribution < 1.29 is 4.79 Å². The van der Waals surface area contributed by atoms with Crippen molar-refractivity contribution in [2.45, 2.75) is 0 Å². The maximum Gasteiger partial charge on any atom is 0.256 e. The van der Waals surface area contributed by atoms with E-state index in [1.165, 1.54) is 6.20 Å². The number of hydrogen-bond acceptors (Lipinski definition) is 3. The van der Waals surface area contributed by atoms with Gasteiger partial charge in [-0.2, -0.15) is 10.4 Å². The van der Waals surface area contributed by atoms with Gasteiger partial charge in [-0.1, -0.05) is 6.07 Å². The topological polar surface area (TPSA) is 81.6 Å². The third kappa shape index (κ3) is 2.62. The molecule has 84 valence electrons. The summed E-state index contributed by atoms with van der Waals surface area (Å²) in [5, 5.41) is 17.6. The second-order valence-corrected chi connectivity index (χ2v) is 4.48. The molecule has 0 radical (unpaired) electrons. The molecule has 0 spiro atoms. The summed E-state index contributed by atoms with van der Waals surface area (Å²) in [5.41, 5.74) is 0.847. The molecule has 0 atom stereocenters. The Morgan fingerprint density at radius 2 is 2.35 bits per heavy atom. The number of nitriles is 1. The van der Waals surface area contributed by atoms with E-state index in [0.717, 1.165) is 3.57 Å². The fourth-order valence-corrected chi connectivity index (χ4v) is 1.82. The minimum Gasteiger partial charge on any atom is -0.306 e. The molecule has 0 saturated carbocycles. The first-order chi connectivity index (χ1) is 8.20. The van der Waals surface area contributed by atoms with Gasteiger partial charge in [-0.25, -0.2) is 0 Å². The molecular weight excluding hydrogens is 331 g/mol. The third-order valence-electron chi connectivity index (χ3n) is 2.09. The number of rotatable bonds is 2. The molecule has 2 N–H and O–H groups in total. The van der Waals surface area contributed by atoms with Gasteiger partial charge in [0.15, 0.2) is 0 Å². The van der Waals surface area contributed by atoms with Crippen molar-refractivity contribution in [3.63, 3.8) is 0 Å². The predicted octanol–water partition coefficient (Wildman–Crippen LogP) is 2.14. The molecule has 0 aliphatic carbocycles. The van der Waals surface area contributed by atoms with Crippen molar-refractivity contribution in [2.24, 2.45) is 0 Å². The molecule has 0 fully saturated rings. The summed E-state index contributed by atoms with van der Waals surface area (Å²) in [7, 11) is 0. The van der Waals surface area contributed by atoms with E-state index >= 15 is 0 Å². The van der Waals surface area contributed by atoms with Crippen LogP contribution in [0.1, 0.15) is 15.9 Å². The highest BCUT2D eigenvalue weighted by atomic mass is 127. The largest absolute Gasteiger partial charge is 0.306 e. The summed E-state index contributed by atoms with van der Waals surface area (Å²) in [4.78, 5) is 11.9. The van der Waals surface area contributed by atoms with Crippen LogP contribution in [0.3, 0.4) is 0 Å². The van der Waals surface area contributed by atoms with Crippen molar-refractivity contribution in [3.05, 3.63) is 45.2 Å². The molecule has 2 aromatic rings. The first-order valence-corrected chi connectivity index (χ1v) is 5.79. The highest BCUT2D eigenvalue weighted by Crippen LogP contribution is 2.12. The molecule has 0 aliphatic heterocycles. The Morgan fingerprint density at radius 1 is 1.53 bits per heavy atom. The number of anilines is 1. The van der Waals surface area contributed by atoms with E-state index in [2.05, 4.69) is 38.1 Å². The van der Waals surface area contributed by atoms with Crippen molar-refractivity contribution in [2.75, 3.05) is 5.32 Å². The quantitative estimate of drug-likeness (QED) is 0.823. The number of hydrogen-bond donors (Lipinski definition) is 2. The zero-order valence-electron chi connectivity index (χ0n) is 8.57. The maximum atomic E-state index is 11.9. The molecule has 1 amide bonds. The predicted molar refractivity (Wildman–Crippen MR) is 70.4 cm³/mol. The molecule has 1 aromatic heterocycles. The molecule has 17 heavy (non-hydrogen) atoms. The van der Waals surface area contributed by atoms with Gasteiger partial charge in [0.05, 0.1) is 6.20 Å². The lowest BCUT2D eigenvalue weighted by Crippen LogP contribution is -2.13. The van der Waals surface area contributed by atoms with Crippen molar-refractivity contribution in [1.82, 2.24) is 10.2 Å². The van der Waals surface area contributed by atoms with Gasteiger partial charge in [-0.3, -0.25) is 9.89 Å². The molecule has 0 aliphatic rings. The molecule has 2 rings (SSSR count). The number of nitrogens with one attached hydrogen (secondary N) is 2. The molecule has 0 unspecified atom stereocenters. The number of benzene rings is 1. The normalized spacial score (nSPS) is 9.65. The zero-order valence-corrected chi connectivity index (χ0v) is 10.7. The van der Waals surface area contributed by atoms with Gasteiger partial charge in [-0.15, -0.1) is 0 Å². The van der Waals surface area contributed by atoms with Crippen molar-refractivity contribution >= 4 is 34.3 Å². The Hall–Kier alpha value is -1.88. The van der Waals surface area contributed by atoms with Gasteiger partial charge >= 0.3 is 0 Å². The summed E-state index contributed by atoms with van der Waals surface area (Å²) < 4.78 is 0.973. The van der Waals surface area contributed by atoms with Gasteiger partial charge < -0.3 is 5.32 Å². The van der Waals surface area contributed by atoms with E-state index in [0.29, 0.717) is 16.9 Å². The third-order valence-corrected chi connectivity index (χ3v) is 2.76. The molecule has 1 heterocycles. The van der Waals surface area contributed by atoms with Crippen LogP contribution in [0, 0.1) is 14.9 Å². The summed E-state index contributed by atoms with van der Waals surface area (Å²) in [6.45, 7) is 0. The van der Waals surface area contributed by atoms with Crippen LogP contribution in [0.5, 0.6) is 0 Å². The van der Waals surface area contributed by atoms with Crippen LogP contribution >= 0.6 is 22.6 Å². The van der Waals surface area contributed by atoms with E-state index < -0.39 is 0 Å². The van der Waals surface area contributed by atoms with E-state index in [4.69, 9.17) is 5.26 Å². The molecule has 1 aromatic carbocycles. The average Bonchev–Trinajstić information content (AvgIpc) is 2.76. The minimum atomic E-state index is -0.274. The fourth-order valence-electron chi connectivity index (χ4n) is 1.28. The van der Waals surface area contributed by atoms with Crippen LogP contribution in [0.25, 0.3) is 0 Å². The standard InChI is InChI=1S/C11H7IN4O/c12-9-3-1-2-7(4-9)11(17)15-10-8(5-13)6-14-16-10/h1-4,6H,(H2,14,15,16,17). The van der Waals surface area contributed by atoms with Gasteiger partial charge in [0, 0.05) is 9.13 Å². The Morgan fingerprint density at radius 3 is 3.06 bits per heavy atom. The summed E-state index contributed by atoms with van der Waals surface area (Å²) >= 11 is 2.13. The monoisotopic (exact) mass is 338 g/mol. The highest BCUT2D eigenvalue weighted by molar-refractivity contribution is 14.1. The van der Waals surface area contributed by atoms with E-state index in [9.17, 15) is 4.79 Å². The van der Waals surface area contributed by atoms with Crippen LogP contribution in [-0.4, -0.2) is 16.1 Å². The molecule has 0 saturated heterocycles. The fraction of sp³-hybridized carbons (Fsp3) is 0. The summed E-state index contributed by atoms with van der Waals surface area (Å²) in [6, 6.07) is 9.10.